The van der Waals surface area contributed by atoms with Crippen LogP contribution in [0.3, 0.4) is 0 Å². The van der Waals surface area contributed by atoms with Crippen molar-refractivity contribution < 1.29 is 22.8 Å². The molecule has 1 atom stereocenters. The SMILES string of the molecule is N#Cc1cccc(-n2nc(C(F)(F)F)cc2C(=O)Nc2cccc(C(CCC3CC3)N3CCCC3=O)c2)c1. The Hall–Kier alpha value is -4.13. The van der Waals surface area contributed by atoms with E-state index in [0.29, 0.717) is 30.6 Å². The van der Waals surface area contributed by atoms with Crippen LogP contribution in [-0.4, -0.2) is 33.0 Å². The number of hydrogen-bond donors (Lipinski definition) is 1. The number of carbonyl (C=O) groups is 2. The van der Waals surface area contributed by atoms with Gasteiger partial charge in [0.05, 0.1) is 23.4 Å². The first-order valence-corrected chi connectivity index (χ1v) is 12.6. The molecular formula is C28H26F3N5O2. The van der Waals surface area contributed by atoms with Crippen molar-refractivity contribution in [2.24, 2.45) is 5.92 Å². The first-order valence-electron chi connectivity index (χ1n) is 12.6. The number of aromatic nitrogens is 2. The molecule has 0 spiro atoms. The van der Waals surface area contributed by atoms with Crippen LogP contribution in [0.15, 0.2) is 54.6 Å². The molecule has 2 amide bonds. The van der Waals surface area contributed by atoms with E-state index in [1.807, 2.05) is 17.0 Å². The standard InChI is InChI=1S/C28H26F3N5O2/c29-28(30,31)25-16-24(36(34-25)22-7-1-4-19(14-22)17-32)27(38)33-21-6-2-5-20(15-21)23(12-11-18-9-10-18)35-13-3-8-26(35)37/h1-2,4-7,14-16,18,23H,3,8-13H2,(H,33,38). The quantitative estimate of drug-likeness (QED) is 0.402. The Bertz CT molecular complexity index is 1400. The van der Waals surface area contributed by atoms with Gasteiger partial charge in [0.2, 0.25) is 5.91 Å². The summed E-state index contributed by atoms with van der Waals surface area (Å²) < 4.78 is 41.4. The van der Waals surface area contributed by atoms with Gasteiger partial charge in [-0.15, -0.1) is 0 Å². The van der Waals surface area contributed by atoms with Gasteiger partial charge in [-0.05, 0) is 61.1 Å². The molecule has 2 heterocycles. The van der Waals surface area contributed by atoms with Crippen LogP contribution in [0, 0.1) is 17.2 Å². The van der Waals surface area contributed by atoms with E-state index in [9.17, 15) is 28.0 Å². The van der Waals surface area contributed by atoms with Gasteiger partial charge in [0.1, 0.15) is 5.69 Å². The van der Waals surface area contributed by atoms with Gasteiger partial charge in [0, 0.05) is 24.7 Å². The number of hydrogen-bond acceptors (Lipinski definition) is 4. The first-order chi connectivity index (χ1) is 18.2. The highest BCUT2D eigenvalue weighted by Gasteiger charge is 2.36. The predicted octanol–water partition coefficient (Wildman–Crippen LogP) is 5.87. The van der Waals surface area contributed by atoms with Crippen LogP contribution in [-0.2, 0) is 11.0 Å². The lowest BCUT2D eigenvalue weighted by Gasteiger charge is -2.29. The minimum Gasteiger partial charge on any atom is -0.336 e. The molecule has 2 fully saturated rings. The van der Waals surface area contributed by atoms with Gasteiger partial charge in [-0.3, -0.25) is 9.59 Å². The van der Waals surface area contributed by atoms with Crippen LogP contribution in [0.4, 0.5) is 18.9 Å². The molecule has 1 aliphatic heterocycles. The van der Waals surface area contributed by atoms with Crippen LogP contribution >= 0.6 is 0 Å². The smallest absolute Gasteiger partial charge is 0.336 e. The molecule has 5 rings (SSSR count). The Morgan fingerprint density at radius 3 is 2.63 bits per heavy atom. The van der Waals surface area contributed by atoms with E-state index in [-0.39, 0.29) is 28.9 Å². The minimum atomic E-state index is -4.76. The molecule has 2 aliphatic rings. The number of carbonyl (C=O) groups excluding carboxylic acids is 2. The highest BCUT2D eigenvalue weighted by atomic mass is 19.4. The molecule has 196 valence electrons. The van der Waals surface area contributed by atoms with Crippen molar-refractivity contribution in [3.05, 3.63) is 77.1 Å². The van der Waals surface area contributed by atoms with Gasteiger partial charge in [0.15, 0.2) is 5.69 Å². The molecule has 0 bridgehead atoms. The van der Waals surface area contributed by atoms with E-state index < -0.39 is 17.8 Å². The maximum Gasteiger partial charge on any atom is 0.435 e. The van der Waals surface area contributed by atoms with E-state index in [2.05, 4.69) is 10.4 Å². The van der Waals surface area contributed by atoms with Crippen molar-refractivity contribution in [2.75, 3.05) is 11.9 Å². The number of amides is 2. The number of benzene rings is 2. The summed E-state index contributed by atoms with van der Waals surface area (Å²) in [7, 11) is 0. The molecule has 1 saturated carbocycles. The fourth-order valence-electron chi connectivity index (χ4n) is 4.91. The highest BCUT2D eigenvalue weighted by Crippen LogP contribution is 2.39. The molecule has 10 heteroatoms. The molecule has 2 aromatic carbocycles. The van der Waals surface area contributed by atoms with E-state index >= 15 is 0 Å². The summed E-state index contributed by atoms with van der Waals surface area (Å²) in [6, 6.07) is 15.5. The van der Waals surface area contributed by atoms with E-state index in [0.717, 1.165) is 29.5 Å². The zero-order chi connectivity index (χ0) is 26.9. The summed E-state index contributed by atoms with van der Waals surface area (Å²) >= 11 is 0. The fraction of sp³-hybridized carbons (Fsp3) is 0.357. The zero-order valence-corrected chi connectivity index (χ0v) is 20.5. The topological polar surface area (TPSA) is 91.0 Å². The van der Waals surface area contributed by atoms with Crippen molar-refractivity contribution in [1.82, 2.24) is 14.7 Å². The lowest BCUT2D eigenvalue weighted by atomic mass is 9.98. The Labute approximate surface area is 217 Å². The van der Waals surface area contributed by atoms with Gasteiger partial charge < -0.3 is 10.2 Å². The van der Waals surface area contributed by atoms with Gasteiger partial charge in [-0.25, -0.2) is 4.68 Å². The third-order valence-corrected chi connectivity index (χ3v) is 7.01. The van der Waals surface area contributed by atoms with Crippen molar-refractivity contribution in [3.8, 4) is 11.8 Å². The largest absolute Gasteiger partial charge is 0.435 e. The van der Waals surface area contributed by atoms with E-state index in [1.54, 1.807) is 18.2 Å². The van der Waals surface area contributed by atoms with Gasteiger partial charge >= 0.3 is 6.18 Å². The Morgan fingerprint density at radius 2 is 1.95 bits per heavy atom. The molecular weight excluding hydrogens is 495 g/mol. The summed E-state index contributed by atoms with van der Waals surface area (Å²) in [5, 5.41) is 15.5. The van der Waals surface area contributed by atoms with Crippen LogP contribution in [0.5, 0.6) is 0 Å². The molecule has 1 aromatic heterocycles. The van der Waals surface area contributed by atoms with Gasteiger partial charge in [-0.2, -0.15) is 23.5 Å². The average molecular weight is 522 g/mol. The second kappa shape index (κ2) is 10.3. The van der Waals surface area contributed by atoms with Gasteiger partial charge in [0.25, 0.3) is 5.91 Å². The van der Waals surface area contributed by atoms with Crippen LogP contribution in [0.25, 0.3) is 5.69 Å². The van der Waals surface area contributed by atoms with Crippen molar-refractivity contribution in [1.29, 1.82) is 5.26 Å². The first kappa shape index (κ1) is 25.5. The number of rotatable bonds is 8. The molecule has 3 aromatic rings. The number of nitrogens with zero attached hydrogens (tertiary/aromatic N) is 4. The third kappa shape index (κ3) is 5.57. The molecule has 1 unspecified atom stereocenters. The van der Waals surface area contributed by atoms with Crippen molar-refractivity contribution >= 4 is 17.5 Å². The fourth-order valence-corrected chi connectivity index (χ4v) is 4.91. The maximum absolute atomic E-state index is 13.5. The second-order valence-electron chi connectivity index (χ2n) is 9.79. The molecule has 1 aliphatic carbocycles. The average Bonchev–Trinajstić information content (AvgIpc) is 3.44. The minimum absolute atomic E-state index is 0.112. The van der Waals surface area contributed by atoms with Crippen molar-refractivity contribution in [3.63, 3.8) is 0 Å². The summed E-state index contributed by atoms with van der Waals surface area (Å²) in [6.07, 6.45) is 0.840. The summed E-state index contributed by atoms with van der Waals surface area (Å²) in [5.41, 5.74) is 0.127. The molecule has 0 radical (unpaired) electrons. The van der Waals surface area contributed by atoms with Crippen LogP contribution < -0.4 is 5.32 Å². The van der Waals surface area contributed by atoms with E-state index in [1.165, 1.54) is 37.1 Å². The van der Waals surface area contributed by atoms with Crippen molar-refractivity contribution in [2.45, 2.75) is 50.7 Å². The summed E-state index contributed by atoms with van der Waals surface area (Å²) in [4.78, 5) is 27.7. The third-order valence-electron chi connectivity index (χ3n) is 7.01. The monoisotopic (exact) mass is 521 g/mol. The van der Waals surface area contributed by atoms with E-state index in [4.69, 9.17) is 0 Å². The zero-order valence-electron chi connectivity index (χ0n) is 20.5. The lowest BCUT2D eigenvalue weighted by Crippen LogP contribution is -2.30. The normalized spacial score (nSPS) is 16.4. The molecule has 1 saturated heterocycles. The number of nitriles is 1. The lowest BCUT2D eigenvalue weighted by molar-refractivity contribution is -0.141. The number of nitrogens with one attached hydrogen (secondary N) is 1. The highest BCUT2D eigenvalue weighted by molar-refractivity contribution is 6.03. The molecule has 38 heavy (non-hydrogen) atoms. The van der Waals surface area contributed by atoms with Crippen LogP contribution in [0.2, 0.25) is 0 Å². The molecule has 1 N–H and O–H groups in total. The number of halogens is 3. The number of likely N-dealkylation sites (tertiary alicyclic amines) is 1. The Balaban J connectivity index is 1.43. The summed E-state index contributed by atoms with van der Waals surface area (Å²) in [5.74, 6) is 0.0310. The second-order valence-corrected chi connectivity index (χ2v) is 9.79. The molecule has 7 nitrogen and oxygen atoms in total. The Kier molecular flexibility index (Phi) is 6.93. The van der Waals surface area contributed by atoms with Gasteiger partial charge in [-0.1, -0.05) is 31.0 Å². The maximum atomic E-state index is 13.5. The number of anilines is 1. The van der Waals surface area contributed by atoms with Crippen LogP contribution in [0.1, 0.15) is 71.9 Å². The summed E-state index contributed by atoms with van der Waals surface area (Å²) in [6.45, 7) is 0.686. The Morgan fingerprint density at radius 1 is 1.16 bits per heavy atom. The predicted molar refractivity (Wildman–Crippen MR) is 133 cm³/mol. The number of alkyl halides is 3.